The highest BCUT2D eigenvalue weighted by atomic mass is 35.5. The number of nitrogens with zero attached hydrogens (tertiary/aromatic N) is 2. The van der Waals surface area contributed by atoms with E-state index in [1.807, 2.05) is 0 Å². The zero-order valence-electron chi connectivity index (χ0n) is 5.45. The summed E-state index contributed by atoms with van der Waals surface area (Å²) in [6.45, 7) is 0. The van der Waals surface area contributed by atoms with Crippen LogP contribution in [0.3, 0.4) is 0 Å². The summed E-state index contributed by atoms with van der Waals surface area (Å²) in [5.74, 6) is -0.853. The van der Waals surface area contributed by atoms with E-state index < -0.39 is 5.97 Å². The van der Waals surface area contributed by atoms with Gasteiger partial charge >= 0.3 is 5.97 Å². The Hall–Kier alpha value is -0.680. The lowest BCUT2D eigenvalue weighted by molar-refractivity contribution is -0.136. The molecule has 1 N–H and O–H groups in total. The van der Waals surface area contributed by atoms with E-state index in [0.717, 1.165) is 11.5 Å². The quantitative estimate of drug-likeness (QED) is 0.782. The van der Waals surface area contributed by atoms with Crippen molar-refractivity contribution in [2.45, 2.75) is 12.8 Å². The molecule has 11 heavy (non-hydrogen) atoms. The minimum Gasteiger partial charge on any atom is -0.481 e. The van der Waals surface area contributed by atoms with Crippen molar-refractivity contribution in [1.29, 1.82) is 0 Å². The molecule has 0 aliphatic carbocycles. The molecule has 0 aliphatic rings. The number of carboxylic acid groups (broad SMARTS) is 1. The molecule has 4 nitrogen and oxygen atoms in total. The highest BCUT2D eigenvalue weighted by molar-refractivity contribution is 7.10. The van der Waals surface area contributed by atoms with Gasteiger partial charge in [-0.15, -0.1) is 5.10 Å². The predicted octanol–water partition coefficient (Wildman–Crippen LogP) is 1.21. The van der Waals surface area contributed by atoms with Gasteiger partial charge in [0.15, 0.2) is 0 Å². The van der Waals surface area contributed by atoms with Gasteiger partial charge in [0, 0.05) is 18.0 Å². The molecule has 0 atom stereocenters. The van der Waals surface area contributed by atoms with Crippen molar-refractivity contribution in [3.8, 4) is 0 Å². The van der Waals surface area contributed by atoms with Crippen molar-refractivity contribution in [3.05, 3.63) is 10.0 Å². The fourth-order valence-corrected chi connectivity index (χ4v) is 1.26. The lowest BCUT2D eigenvalue weighted by atomic mass is 10.3. The number of halogens is 1. The summed E-state index contributed by atoms with van der Waals surface area (Å²) in [7, 11) is 0. The van der Waals surface area contributed by atoms with Crippen LogP contribution in [0.1, 0.15) is 12.1 Å². The van der Waals surface area contributed by atoms with E-state index in [2.05, 4.69) is 9.59 Å². The number of carbonyl (C=O) groups is 1. The van der Waals surface area contributed by atoms with Gasteiger partial charge in [-0.1, -0.05) is 16.1 Å². The monoisotopic (exact) mass is 192 g/mol. The van der Waals surface area contributed by atoms with Gasteiger partial charge in [-0.3, -0.25) is 4.79 Å². The summed E-state index contributed by atoms with van der Waals surface area (Å²) in [6, 6.07) is 0. The molecular weight excluding hydrogens is 188 g/mol. The molecular formula is C5H5ClN2O2S. The van der Waals surface area contributed by atoms with Crippen molar-refractivity contribution in [2.75, 3.05) is 0 Å². The van der Waals surface area contributed by atoms with Gasteiger partial charge in [0.25, 0.3) is 0 Å². The van der Waals surface area contributed by atoms with Crippen molar-refractivity contribution >= 4 is 29.1 Å². The molecule has 0 unspecified atom stereocenters. The van der Waals surface area contributed by atoms with Crippen molar-refractivity contribution < 1.29 is 9.90 Å². The molecule has 0 radical (unpaired) electrons. The molecule has 0 saturated heterocycles. The normalized spacial score (nSPS) is 9.91. The Morgan fingerprint density at radius 2 is 2.45 bits per heavy atom. The predicted molar refractivity (Wildman–Crippen MR) is 40.9 cm³/mol. The summed E-state index contributed by atoms with van der Waals surface area (Å²) in [5.41, 5.74) is 0.569. The van der Waals surface area contributed by atoms with Crippen LogP contribution in [-0.4, -0.2) is 20.7 Å². The zero-order valence-corrected chi connectivity index (χ0v) is 7.02. The Morgan fingerprint density at radius 3 is 2.91 bits per heavy atom. The van der Waals surface area contributed by atoms with Crippen LogP contribution in [0.15, 0.2) is 0 Å². The molecule has 0 aliphatic heterocycles. The zero-order chi connectivity index (χ0) is 8.27. The number of aliphatic carboxylic acids is 1. The van der Waals surface area contributed by atoms with Crippen LogP contribution in [0.25, 0.3) is 0 Å². The van der Waals surface area contributed by atoms with E-state index in [0.29, 0.717) is 16.5 Å². The number of rotatable bonds is 3. The van der Waals surface area contributed by atoms with Crippen LogP contribution in [0.5, 0.6) is 0 Å². The van der Waals surface area contributed by atoms with E-state index in [4.69, 9.17) is 16.7 Å². The molecule has 0 bridgehead atoms. The SMILES string of the molecule is O=C(O)CCc1nnsc1Cl. The number of hydrogen-bond donors (Lipinski definition) is 1. The average Bonchev–Trinajstić information content (AvgIpc) is 2.31. The first-order chi connectivity index (χ1) is 5.20. The lowest BCUT2D eigenvalue weighted by Gasteiger charge is -1.89. The number of aromatic nitrogens is 2. The minimum absolute atomic E-state index is 0.0468. The van der Waals surface area contributed by atoms with Crippen LogP contribution in [0, 0.1) is 0 Å². The molecule has 0 amide bonds. The van der Waals surface area contributed by atoms with Crippen LogP contribution in [0.2, 0.25) is 4.34 Å². The van der Waals surface area contributed by atoms with Gasteiger partial charge in [-0.25, -0.2) is 0 Å². The van der Waals surface area contributed by atoms with Gasteiger partial charge in [0.1, 0.15) is 4.34 Å². The smallest absolute Gasteiger partial charge is 0.303 e. The third-order valence-corrected chi connectivity index (χ3v) is 2.07. The van der Waals surface area contributed by atoms with Gasteiger partial charge in [0.2, 0.25) is 0 Å². The molecule has 1 heterocycles. The Labute approximate surface area is 72.0 Å². The van der Waals surface area contributed by atoms with Gasteiger partial charge in [0.05, 0.1) is 12.1 Å². The first-order valence-electron chi connectivity index (χ1n) is 2.88. The number of aryl methyl sites for hydroxylation is 1. The molecule has 0 fully saturated rings. The summed E-state index contributed by atoms with van der Waals surface area (Å²) in [5, 5.41) is 12.0. The van der Waals surface area contributed by atoms with Gasteiger partial charge in [-0.05, 0) is 0 Å². The van der Waals surface area contributed by atoms with Crippen LogP contribution in [0.4, 0.5) is 0 Å². The van der Waals surface area contributed by atoms with E-state index in [1.165, 1.54) is 0 Å². The molecule has 0 spiro atoms. The molecule has 1 aromatic rings. The molecule has 60 valence electrons. The Kier molecular flexibility index (Phi) is 2.78. The Morgan fingerprint density at radius 1 is 1.73 bits per heavy atom. The third-order valence-electron chi connectivity index (χ3n) is 1.09. The number of carboxylic acids is 1. The summed E-state index contributed by atoms with van der Waals surface area (Å²) in [6.07, 6.45) is 0.399. The van der Waals surface area contributed by atoms with Gasteiger partial charge in [-0.2, -0.15) is 0 Å². The largest absolute Gasteiger partial charge is 0.481 e. The lowest BCUT2D eigenvalue weighted by Crippen LogP contribution is -1.97. The van der Waals surface area contributed by atoms with E-state index >= 15 is 0 Å². The molecule has 1 rings (SSSR count). The van der Waals surface area contributed by atoms with Crippen molar-refractivity contribution in [3.63, 3.8) is 0 Å². The van der Waals surface area contributed by atoms with Gasteiger partial charge < -0.3 is 5.11 Å². The second kappa shape index (κ2) is 3.64. The van der Waals surface area contributed by atoms with E-state index in [9.17, 15) is 4.79 Å². The highest BCUT2D eigenvalue weighted by Gasteiger charge is 2.06. The van der Waals surface area contributed by atoms with Crippen molar-refractivity contribution in [2.24, 2.45) is 0 Å². The summed E-state index contributed by atoms with van der Waals surface area (Å²) >= 11 is 6.69. The van der Waals surface area contributed by atoms with Crippen molar-refractivity contribution in [1.82, 2.24) is 9.59 Å². The minimum atomic E-state index is -0.853. The second-order valence-electron chi connectivity index (χ2n) is 1.89. The standard InChI is InChI=1S/C5H5ClN2O2S/c6-5-3(7-8-11-5)1-2-4(9)10/h1-2H2,(H,9,10). The van der Waals surface area contributed by atoms with Crippen LogP contribution >= 0.6 is 23.1 Å². The molecule has 1 aromatic heterocycles. The maximum absolute atomic E-state index is 10.1. The fraction of sp³-hybridized carbons (Fsp3) is 0.400. The fourth-order valence-electron chi connectivity index (χ4n) is 0.571. The molecule has 0 aromatic carbocycles. The van der Waals surface area contributed by atoms with E-state index in [1.54, 1.807) is 0 Å². The average molecular weight is 193 g/mol. The van der Waals surface area contributed by atoms with E-state index in [-0.39, 0.29) is 6.42 Å². The topological polar surface area (TPSA) is 63.1 Å². The van der Waals surface area contributed by atoms with Crippen LogP contribution < -0.4 is 0 Å². The summed E-state index contributed by atoms with van der Waals surface area (Å²) < 4.78 is 4.04. The van der Waals surface area contributed by atoms with Crippen LogP contribution in [-0.2, 0) is 11.2 Å². The number of hydrogen-bond acceptors (Lipinski definition) is 4. The molecule has 6 heteroatoms. The Bertz CT molecular complexity index is 263. The first kappa shape index (κ1) is 8.42. The molecule has 0 saturated carbocycles. The third kappa shape index (κ3) is 2.44. The second-order valence-corrected chi connectivity index (χ2v) is 3.24. The maximum Gasteiger partial charge on any atom is 0.303 e. The summed E-state index contributed by atoms with van der Waals surface area (Å²) in [4.78, 5) is 10.1. The highest BCUT2D eigenvalue weighted by Crippen LogP contribution is 2.18. The maximum atomic E-state index is 10.1. The first-order valence-corrected chi connectivity index (χ1v) is 4.04. The Balaban J connectivity index is 2.51.